The van der Waals surface area contributed by atoms with E-state index in [1.807, 2.05) is 31.2 Å². The van der Waals surface area contributed by atoms with Crippen LogP contribution in [0.4, 0.5) is 5.82 Å². The fourth-order valence-electron chi connectivity index (χ4n) is 3.90. The van der Waals surface area contributed by atoms with E-state index in [4.69, 9.17) is 10.5 Å². The Balaban J connectivity index is 1.79. The smallest absolute Gasteiger partial charge is 0.326 e. The number of hydrogen-bond acceptors (Lipinski definition) is 7. The summed E-state index contributed by atoms with van der Waals surface area (Å²) in [6, 6.07) is 10.9. The fraction of sp³-hybridized carbons (Fsp3) is 0.296. The fourth-order valence-corrected chi connectivity index (χ4v) is 3.90. The van der Waals surface area contributed by atoms with E-state index in [1.165, 1.54) is 6.07 Å². The van der Waals surface area contributed by atoms with Crippen molar-refractivity contribution in [3.63, 3.8) is 0 Å². The van der Waals surface area contributed by atoms with Crippen molar-refractivity contribution in [1.29, 1.82) is 0 Å². The maximum Gasteiger partial charge on any atom is 0.326 e. The number of nitrogens with two attached hydrogens (primary N) is 1. The molecule has 0 spiro atoms. The van der Waals surface area contributed by atoms with Gasteiger partial charge in [-0.3, -0.25) is 23.6 Å². The van der Waals surface area contributed by atoms with E-state index in [0.717, 1.165) is 21.3 Å². The van der Waals surface area contributed by atoms with Crippen LogP contribution in [0.15, 0.2) is 53.6 Å². The van der Waals surface area contributed by atoms with Gasteiger partial charge >= 0.3 is 5.97 Å². The maximum atomic E-state index is 13.5. The van der Waals surface area contributed by atoms with Gasteiger partial charge in [-0.05, 0) is 45.4 Å². The van der Waals surface area contributed by atoms with Crippen LogP contribution in [0, 0.1) is 6.92 Å². The minimum atomic E-state index is -0.751. The Bertz CT molecular complexity index is 1540. The lowest BCUT2D eigenvalue weighted by molar-refractivity contribution is -0.155. The first-order valence-electron chi connectivity index (χ1n) is 11.8. The number of carbonyl (C=O) groups excluding carboxylic acids is 2. The van der Waals surface area contributed by atoms with E-state index in [-0.39, 0.29) is 23.6 Å². The highest BCUT2D eigenvalue weighted by atomic mass is 16.6. The van der Waals surface area contributed by atoms with Gasteiger partial charge in [-0.25, -0.2) is 4.98 Å². The zero-order chi connectivity index (χ0) is 26.9. The molecule has 37 heavy (non-hydrogen) atoms. The number of nitrogens with one attached hydrogen (secondary N) is 1. The van der Waals surface area contributed by atoms with E-state index < -0.39 is 29.6 Å². The number of nitrogen functional groups attached to an aromatic ring is 1. The molecular weight excluding hydrogens is 472 g/mol. The summed E-state index contributed by atoms with van der Waals surface area (Å²) < 4.78 is 8.18. The molecule has 4 rings (SSSR count). The van der Waals surface area contributed by atoms with E-state index >= 15 is 0 Å². The van der Waals surface area contributed by atoms with Gasteiger partial charge < -0.3 is 15.8 Å². The molecule has 0 radical (unpaired) electrons. The normalized spacial score (nSPS) is 11.5. The van der Waals surface area contributed by atoms with Crippen molar-refractivity contribution in [2.45, 2.75) is 46.4 Å². The Morgan fingerprint density at radius 1 is 1.14 bits per heavy atom. The molecular formula is C27H30N6O4. The number of hydrogen-bond donors (Lipinski definition) is 2. The molecule has 0 aliphatic rings. The number of carbonyl (C=O) groups is 2. The second-order valence-corrected chi connectivity index (χ2v) is 9.94. The Hall–Kier alpha value is -4.47. The average molecular weight is 503 g/mol. The van der Waals surface area contributed by atoms with Gasteiger partial charge in [0.15, 0.2) is 0 Å². The van der Waals surface area contributed by atoms with Gasteiger partial charge in [-0.2, -0.15) is 5.10 Å². The summed E-state index contributed by atoms with van der Waals surface area (Å²) in [6.45, 7) is 6.99. The van der Waals surface area contributed by atoms with Gasteiger partial charge in [0.25, 0.3) is 11.5 Å². The minimum Gasteiger partial charge on any atom is -0.459 e. The number of aromatic nitrogens is 4. The highest BCUT2D eigenvalue weighted by Gasteiger charge is 2.22. The van der Waals surface area contributed by atoms with Crippen LogP contribution in [0.5, 0.6) is 0 Å². The Morgan fingerprint density at radius 2 is 1.84 bits per heavy atom. The number of esters is 1. The molecule has 3 aromatic heterocycles. The molecule has 192 valence electrons. The standard InChI is InChI=1S/C27H30N6O4/c1-16-6-8-17(9-7-16)12-29-25(35)21-11-18-10-20(19-13-30-32(5)14-19)23(28)31-24(18)33(26(21)36)15-22(34)37-27(2,3)4/h6-11,13-14H,12,15H2,1-5H3,(H2,28,31)(H,29,35). The number of fused-ring (bicyclic) bond motifs is 1. The van der Waals surface area contributed by atoms with Gasteiger partial charge in [-0.1, -0.05) is 29.8 Å². The number of anilines is 1. The Kier molecular flexibility index (Phi) is 6.84. The predicted octanol–water partition coefficient (Wildman–Crippen LogP) is 2.96. The summed E-state index contributed by atoms with van der Waals surface area (Å²) in [7, 11) is 1.78. The van der Waals surface area contributed by atoms with E-state index in [2.05, 4.69) is 15.4 Å². The van der Waals surface area contributed by atoms with Gasteiger partial charge in [-0.15, -0.1) is 0 Å². The number of aryl methyl sites for hydroxylation is 2. The third-order valence-electron chi connectivity index (χ3n) is 5.63. The molecule has 1 aromatic carbocycles. The van der Waals surface area contributed by atoms with Gasteiger partial charge in [0.2, 0.25) is 0 Å². The van der Waals surface area contributed by atoms with Crippen molar-refractivity contribution >= 4 is 28.7 Å². The average Bonchev–Trinajstić information content (AvgIpc) is 3.25. The third kappa shape index (κ3) is 5.85. The van der Waals surface area contributed by atoms with Crippen LogP contribution in [-0.4, -0.2) is 36.8 Å². The second kappa shape index (κ2) is 9.88. The van der Waals surface area contributed by atoms with Crippen LogP contribution in [0.2, 0.25) is 0 Å². The molecule has 0 saturated carbocycles. The summed E-state index contributed by atoms with van der Waals surface area (Å²) in [4.78, 5) is 43.7. The van der Waals surface area contributed by atoms with Crippen molar-refractivity contribution in [2.75, 3.05) is 5.73 Å². The van der Waals surface area contributed by atoms with E-state index in [0.29, 0.717) is 10.9 Å². The monoisotopic (exact) mass is 502 g/mol. The van der Waals surface area contributed by atoms with Crippen LogP contribution in [-0.2, 0) is 29.7 Å². The number of pyridine rings is 2. The highest BCUT2D eigenvalue weighted by molar-refractivity contribution is 5.98. The van der Waals surface area contributed by atoms with Crippen LogP contribution in [0.3, 0.4) is 0 Å². The molecule has 10 heteroatoms. The van der Waals surface area contributed by atoms with Crippen molar-refractivity contribution in [2.24, 2.45) is 7.05 Å². The van der Waals surface area contributed by atoms with Crippen LogP contribution < -0.4 is 16.6 Å². The number of nitrogens with zero attached hydrogens (tertiary/aromatic N) is 4. The number of ether oxygens (including phenoxy) is 1. The summed E-state index contributed by atoms with van der Waals surface area (Å²) in [5, 5.41) is 7.44. The SMILES string of the molecule is Cc1ccc(CNC(=O)c2cc3cc(-c4cnn(C)c4)c(N)nc3n(CC(=O)OC(C)(C)C)c2=O)cc1. The molecule has 1 amide bonds. The number of rotatable bonds is 6. The maximum absolute atomic E-state index is 13.5. The third-order valence-corrected chi connectivity index (χ3v) is 5.63. The molecule has 0 unspecified atom stereocenters. The zero-order valence-electron chi connectivity index (χ0n) is 21.5. The van der Waals surface area contributed by atoms with Crippen LogP contribution >= 0.6 is 0 Å². The number of benzene rings is 1. The van der Waals surface area contributed by atoms with Gasteiger partial charge in [0.05, 0.1) is 6.20 Å². The van der Waals surface area contributed by atoms with Crippen molar-refractivity contribution in [3.8, 4) is 11.1 Å². The lowest BCUT2D eigenvalue weighted by Gasteiger charge is -2.20. The first-order chi connectivity index (χ1) is 17.4. The second-order valence-electron chi connectivity index (χ2n) is 9.94. The Morgan fingerprint density at radius 3 is 2.46 bits per heavy atom. The lowest BCUT2D eigenvalue weighted by atomic mass is 10.1. The first-order valence-corrected chi connectivity index (χ1v) is 11.8. The van der Waals surface area contributed by atoms with Crippen molar-refractivity contribution in [3.05, 3.63) is 75.8 Å². The molecule has 0 atom stereocenters. The van der Waals surface area contributed by atoms with Crippen LogP contribution in [0.25, 0.3) is 22.2 Å². The molecule has 10 nitrogen and oxygen atoms in total. The van der Waals surface area contributed by atoms with Gasteiger partial charge in [0, 0.05) is 36.3 Å². The molecule has 0 saturated heterocycles. The molecule has 0 aliphatic carbocycles. The molecule has 0 aliphatic heterocycles. The topological polar surface area (TPSA) is 134 Å². The molecule has 4 aromatic rings. The van der Waals surface area contributed by atoms with Crippen molar-refractivity contribution in [1.82, 2.24) is 24.6 Å². The first kappa shape index (κ1) is 25.6. The van der Waals surface area contributed by atoms with Gasteiger partial charge in [0.1, 0.15) is 29.2 Å². The van der Waals surface area contributed by atoms with E-state index in [9.17, 15) is 14.4 Å². The van der Waals surface area contributed by atoms with Crippen LogP contribution in [0.1, 0.15) is 42.3 Å². The number of amides is 1. The quantitative estimate of drug-likeness (QED) is 0.387. The molecule has 3 N–H and O–H groups in total. The molecule has 0 bridgehead atoms. The minimum absolute atomic E-state index is 0.119. The predicted molar refractivity (Wildman–Crippen MR) is 141 cm³/mol. The summed E-state index contributed by atoms with van der Waals surface area (Å²) in [5.41, 5.74) is 8.19. The zero-order valence-corrected chi connectivity index (χ0v) is 21.5. The van der Waals surface area contributed by atoms with E-state index in [1.54, 1.807) is 51.0 Å². The summed E-state index contributed by atoms with van der Waals surface area (Å²) in [6.07, 6.45) is 3.43. The van der Waals surface area contributed by atoms with Crippen molar-refractivity contribution < 1.29 is 14.3 Å². The lowest BCUT2D eigenvalue weighted by Crippen LogP contribution is -2.36. The molecule has 3 heterocycles. The largest absolute Gasteiger partial charge is 0.459 e. The summed E-state index contributed by atoms with van der Waals surface area (Å²) in [5.74, 6) is -1.04. The summed E-state index contributed by atoms with van der Waals surface area (Å²) >= 11 is 0. The molecule has 0 fully saturated rings. The Labute approximate surface area is 214 Å². The highest BCUT2D eigenvalue weighted by Crippen LogP contribution is 2.28.